The Hall–Kier alpha value is -0.800. The molecule has 0 fully saturated rings. The van der Waals surface area contributed by atoms with Gasteiger partial charge in [-0.1, -0.05) is 23.7 Å². The maximum Gasteiger partial charge on any atom is 0.156 e. The molecule has 4 heteroatoms. The molecule has 0 atom stereocenters. The lowest BCUT2D eigenvalue weighted by atomic mass is 10.2. The van der Waals surface area contributed by atoms with Gasteiger partial charge in [0.25, 0.3) is 0 Å². The quantitative estimate of drug-likeness (QED) is 0.585. The Morgan fingerprint density at radius 2 is 2.29 bits per heavy atom. The van der Waals surface area contributed by atoms with Crippen molar-refractivity contribution in [2.24, 2.45) is 0 Å². The van der Waals surface area contributed by atoms with Crippen molar-refractivity contribution in [3.05, 3.63) is 39.5 Å². The van der Waals surface area contributed by atoms with Crippen molar-refractivity contribution >= 4 is 35.7 Å². The molecule has 1 rings (SSSR count). The van der Waals surface area contributed by atoms with E-state index in [0.717, 1.165) is 0 Å². The highest BCUT2D eigenvalue weighted by atomic mass is 35.5. The number of aldehydes is 1. The van der Waals surface area contributed by atoms with Crippen molar-refractivity contribution in [1.82, 2.24) is 0 Å². The number of allylic oxidation sites excluding steroid dienone is 1. The van der Waals surface area contributed by atoms with E-state index in [-0.39, 0.29) is 5.02 Å². The maximum absolute atomic E-state index is 13.3. The molecule has 14 heavy (non-hydrogen) atoms. The van der Waals surface area contributed by atoms with Gasteiger partial charge in [-0.25, -0.2) is 4.39 Å². The summed E-state index contributed by atoms with van der Waals surface area (Å²) in [4.78, 5) is 11.0. The van der Waals surface area contributed by atoms with Gasteiger partial charge in [0.15, 0.2) is 6.29 Å². The molecule has 74 valence electrons. The first-order valence-corrected chi connectivity index (χ1v) is 5.44. The number of hydrogen-bond acceptors (Lipinski definition) is 2. The summed E-state index contributed by atoms with van der Waals surface area (Å²) in [5.41, 5.74) is 0.328. The van der Waals surface area contributed by atoms with Crippen LogP contribution in [-0.2, 0) is 4.79 Å². The van der Waals surface area contributed by atoms with Crippen LogP contribution in [0.4, 0.5) is 4.39 Å². The Morgan fingerprint density at radius 3 is 2.86 bits per heavy atom. The zero-order chi connectivity index (χ0) is 10.6. The van der Waals surface area contributed by atoms with Gasteiger partial charge in [-0.15, -0.1) is 11.8 Å². The molecule has 1 aromatic rings. The molecule has 1 nitrogen and oxygen atoms in total. The van der Waals surface area contributed by atoms with E-state index in [4.69, 9.17) is 11.6 Å². The summed E-state index contributed by atoms with van der Waals surface area (Å²) < 4.78 is 13.3. The molecule has 1 aromatic carbocycles. The Labute approximate surface area is 91.0 Å². The van der Waals surface area contributed by atoms with Crippen molar-refractivity contribution in [3.8, 4) is 0 Å². The van der Waals surface area contributed by atoms with Crippen LogP contribution in [0.3, 0.4) is 0 Å². The van der Waals surface area contributed by atoms with E-state index in [0.29, 0.717) is 16.8 Å². The highest BCUT2D eigenvalue weighted by molar-refractivity contribution is 8.03. The maximum atomic E-state index is 13.3. The Bertz CT molecular complexity index is 376. The lowest BCUT2D eigenvalue weighted by molar-refractivity contribution is -0.104. The fourth-order valence-corrected chi connectivity index (χ4v) is 1.45. The van der Waals surface area contributed by atoms with Crippen molar-refractivity contribution in [2.75, 3.05) is 6.26 Å². The van der Waals surface area contributed by atoms with E-state index in [1.807, 2.05) is 0 Å². The van der Waals surface area contributed by atoms with Crippen LogP contribution in [-0.4, -0.2) is 12.5 Å². The molecule has 0 heterocycles. The molecule has 0 N–H and O–H groups in total. The van der Waals surface area contributed by atoms with Gasteiger partial charge in [0, 0.05) is 10.5 Å². The van der Waals surface area contributed by atoms with Gasteiger partial charge in [-0.3, -0.25) is 4.79 Å². The molecule has 0 unspecified atom stereocenters. The van der Waals surface area contributed by atoms with E-state index in [2.05, 4.69) is 0 Å². The first kappa shape index (κ1) is 11.3. The molecule has 0 saturated carbocycles. The second-order valence-electron chi connectivity index (χ2n) is 2.51. The fourth-order valence-electron chi connectivity index (χ4n) is 0.926. The molecule has 0 amide bonds. The van der Waals surface area contributed by atoms with Crippen LogP contribution in [0.15, 0.2) is 23.1 Å². The normalized spacial score (nSPS) is 11.5. The van der Waals surface area contributed by atoms with Crippen LogP contribution >= 0.6 is 23.4 Å². The van der Waals surface area contributed by atoms with Gasteiger partial charge in [0.1, 0.15) is 5.82 Å². The first-order chi connectivity index (χ1) is 6.69. The molecule has 0 aliphatic carbocycles. The third-order valence-electron chi connectivity index (χ3n) is 1.63. The average molecular weight is 231 g/mol. The summed E-state index contributed by atoms with van der Waals surface area (Å²) in [6.45, 7) is 0. The number of thioether (sulfide) groups is 1. The van der Waals surface area contributed by atoms with Crippen molar-refractivity contribution in [3.63, 3.8) is 0 Å². The predicted octanol–water partition coefficient (Wildman–Crippen LogP) is 3.38. The van der Waals surface area contributed by atoms with E-state index in [1.165, 1.54) is 23.9 Å². The second kappa shape index (κ2) is 5.17. The van der Waals surface area contributed by atoms with Gasteiger partial charge in [-0.05, 0) is 18.4 Å². The fraction of sp³-hybridized carbons (Fsp3) is 0.100. The van der Waals surface area contributed by atoms with Crippen molar-refractivity contribution < 1.29 is 9.18 Å². The Morgan fingerprint density at radius 1 is 1.57 bits per heavy atom. The number of hydrogen-bond donors (Lipinski definition) is 0. The third kappa shape index (κ3) is 2.59. The summed E-state index contributed by atoms with van der Waals surface area (Å²) >= 11 is 6.85. The van der Waals surface area contributed by atoms with E-state index >= 15 is 0 Å². The molecule has 0 spiro atoms. The number of rotatable bonds is 3. The summed E-state index contributed by atoms with van der Waals surface area (Å²) in [5.74, 6) is -0.498. The van der Waals surface area contributed by atoms with E-state index in [1.54, 1.807) is 18.4 Å². The number of halogens is 2. The summed E-state index contributed by atoms with van der Waals surface area (Å²) in [7, 11) is 0. The molecule has 0 aliphatic heterocycles. The molecule has 0 radical (unpaired) electrons. The van der Waals surface area contributed by atoms with Gasteiger partial charge in [0.2, 0.25) is 0 Å². The first-order valence-electron chi connectivity index (χ1n) is 3.84. The van der Waals surface area contributed by atoms with Crippen LogP contribution in [0.5, 0.6) is 0 Å². The minimum absolute atomic E-state index is 0.0603. The van der Waals surface area contributed by atoms with Crippen LogP contribution in [0.25, 0.3) is 6.08 Å². The second-order valence-corrected chi connectivity index (χ2v) is 3.80. The predicted molar refractivity (Wildman–Crippen MR) is 59.0 cm³/mol. The van der Waals surface area contributed by atoms with Gasteiger partial charge in [-0.2, -0.15) is 0 Å². The summed E-state index contributed by atoms with van der Waals surface area (Å²) in [6, 6.07) is 4.68. The smallest absolute Gasteiger partial charge is 0.156 e. The zero-order valence-electron chi connectivity index (χ0n) is 7.46. The van der Waals surface area contributed by atoms with E-state index in [9.17, 15) is 9.18 Å². The zero-order valence-corrected chi connectivity index (χ0v) is 9.03. The van der Waals surface area contributed by atoms with Crippen LogP contribution in [0.1, 0.15) is 5.56 Å². The lowest BCUT2D eigenvalue weighted by Crippen LogP contribution is -1.85. The van der Waals surface area contributed by atoms with Crippen molar-refractivity contribution in [1.29, 1.82) is 0 Å². The topological polar surface area (TPSA) is 17.1 Å². The molecule has 0 aromatic heterocycles. The van der Waals surface area contributed by atoms with Crippen LogP contribution in [0.2, 0.25) is 5.02 Å². The van der Waals surface area contributed by atoms with Gasteiger partial charge in [0.05, 0.1) is 5.02 Å². The minimum Gasteiger partial charge on any atom is -0.297 e. The van der Waals surface area contributed by atoms with Gasteiger partial charge < -0.3 is 0 Å². The van der Waals surface area contributed by atoms with Crippen LogP contribution < -0.4 is 0 Å². The third-order valence-corrected chi connectivity index (χ3v) is 2.61. The largest absolute Gasteiger partial charge is 0.297 e. The summed E-state index contributed by atoms with van der Waals surface area (Å²) in [6.07, 6.45) is 3.91. The highest BCUT2D eigenvalue weighted by Gasteiger charge is 2.04. The molecular weight excluding hydrogens is 223 g/mol. The Kier molecular flexibility index (Phi) is 4.17. The molecule has 0 saturated heterocycles. The minimum atomic E-state index is -0.498. The molecule has 0 aliphatic rings. The Balaban J connectivity index is 3.13. The van der Waals surface area contributed by atoms with Gasteiger partial charge >= 0.3 is 0 Å². The average Bonchev–Trinajstić information content (AvgIpc) is 2.20. The lowest BCUT2D eigenvalue weighted by Gasteiger charge is -1.99. The van der Waals surface area contributed by atoms with Crippen LogP contribution in [0, 0.1) is 5.82 Å². The number of carbonyl (C=O) groups excluding carboxylic acids is 1. The molecule has 0 bridgehead atoms. The SMILES string of the molecule is CS/C(C=O)=C\c1cccc(Cl)c1F. The monoisotopic (exact) mass is 230 g/mol. The standard InChI is InChI=1S/C10H8ClFOS/c1-14-8(6-13)5-7-3-2-4-9(11)10(7)12/h2-6H,1H3/b8-5-. The number of benzene rings is 1. The van der Waals surface area contributed by atoms with Crippen molar-refractivity contribution in [2.45, 2.75) is 0 Å². The van der Waals surface area contributed by atoms with E-state index < -0.39 is 5.82 Å². The number of carbonyl (C=O) groups is 1. The summed E-state index contributed by atoms with van der Waals surface area (Å²) in [5, 5.41) is 0.0603. The highest BCUT2D eigenvalue weighted by Crippen LogP contribution is 2.21. The molecular formula is C10H8ClFOS.